The van der Waals surface area contributed by atoms with Crippen molar-refractivity contribution in [3.63, 3.8) is 0 Å². The highest BCUT2D eigenvalue weighted by atomic mass is 16.6. The number of nitrogens with one attached hydrogen (secondary N) is 1. The van der Waals surface area contributed by atoms with Crippen LogP contribution in [-0.4, -0.2) is 27.0 Å². The lowest BCUT2D eigenvalue weighted by atomic mass is 10.2. The van der Waals surface area contributed by atoms with Gasteiger partial charge >= 0.3 is 5.97 Å². The van der Waals surface area contributed by atoms with E-state index >= 15 is 0 Å². The molecule has 0 aliphatic carbocycles. The monoisotopic (exact) mass is 252 g/mol. The van der Waals surface area contributed by atoms with Crippen LogP contribution in [0.1, 0.15) is 0 Å². The summed E-state index contributed by atoms with van der Waals surface area (Å²) in [6, 6.07) is 3.50. The highest BCUT2D eigenvalue weighted by Crippen LogP contribution is 2.32. The van der Waals surface area contributed by atoms with Crippen LogP contribution >= 0.6 is 0 Å². The fourth-order valence-corrected chi connectivity index (χ4v) is 1.12. The van der Waals surface area contributed by atoms with Crippen LogP contribution in [0.15, 0.2) is 30.4 Å². The summed E-state index contributed by atoms with van der Waals surface area (Å²) in [5.41, 5.74) is -0.880. The van der Waals surface area contributed by atoms with Gasteiger partial charge in [-0.15, -0.1) is 0 Å². The van der Waals surface area contributed by atoms with Gasteiger partial charge in [-0.2, -0.15) is 0 Å². The number of carbonyl (C=O) groups excluding carboxylic acids is 1. The third kappa shape index (κ3) is 3.30. The number of hydrogen-bond acceptors (Lipinski definition) is 5. The molecule has 0 unspecified atom stereocenters. The molecular formula is C10H8N2O6. The fourth-order valence-electron chi connectivity index (χ4n) is 1.12. The zero-order valence-electron chi connectivity index (χ0n) is 8.86. The summed E-state index contributed by atoms with van der Waals surface area (Å²) in [5.74, 6) is -2.72. The van der Waals surface area contributed by atoms with Gasteiger partial charge < -0.3 is 15.5 Å². The van der Waals surface area contributed by atoms with E-state index in [1.807, 2.05) is 5.32 Å². The van der Waals surface area contributed by atoms with Crippen LogP contribution in [0.25, 0.3) is 0 Å². The van der Waals surface area contributed by atoms with Crippen molar-refractivity contribution < 1.29 is 24.7 Å². The molecule has 0 spiro atoms. The van der Waals surface area contributed by atoms with Crippen LogP contribution in [0.5, 0.6) is 5.75 Å². The number of phenols is 1. The molecule has 94 valence electrons. The molecule has 0 aliphatic heterocycles. The van der Waals surface area contributed by atoms with Gasteiger partial charge in [0.2, 0.25) is 5.91 Å². The number of aromatic hydroxyl groups is 1. The number of carboxylic acids is 1. The molecule has 0 saturated heterocycles. The second kappa shape index (κ2) is 5.43. The highest BCUT2D eigenvalue weighted by Gasteiger charge is 2.18. The third-order valence-corrected chi connectivity index (χ3v) is 1.84. The van der Waals surface area contributed by atoms with Crippen molar-refractivity contribution in [1.82, 2.24) is 0 Å². The topological polar surface area (TPSA) is 130 Å². The minimum Gasteiger partial charge on any atom is -0.505 e. The summed E-state index contributed by atoms with van der Waals surface area (Å²) in [5, 5.41) is 30.4. The summed E-state index contributed by atoms with van der Waals surface area (Å²) in [6.45, 7) is 0. The lowest BCUT2D eigenvalue weighted by Gasteiger charge is -2.05. The van der Waals surface area contributed by atoms with Crippen LogP contribution in [-0.2, 0) is 9.59 Å². The van der Waals surface area contributed by atoms with Gasteiger partial charge in [0.1, 0.15) is 5.75 Å². The molecule has 0 aromatic heterocycles. The number of aliphatic carboxylic acids is 1. The van der Waals surface area contributed by atoms with Crippen molar-refractivity contribution in [2.24, 2.45) is 0 Å². The van der Waals surface area contributed by atoms with Crippen molar-refractivity contribution in [1.29, 1.82) is 0 Å². The Bertz CT molecular complexity index is 537. The smallest absolute Gasteiger partial charge is 0.328 e. The third-order valence-electron chi connectivity index (χ3n) is 1.84. The van der Waals surface area contributed by atoms with Crippen LogP contribution in [0.2, 0.25) is 0 Å². The Morgan fingerprint density at radius 1 is 1.33 bits per heavy atom. The predicted molar refractivity (Wildman–Crippen MR) is 60.2 cm³/mol. The average Bonchev–Trinajstić information content (AvgIpc) is 2.28. The number of rotatable bonds is 4. The Kier molecular flexibility index (Phi) is 3.98. The molecule has 0 fully saturated rings. The molecule has 0 radical (unpaired) electrons. The lowest BCUT2D eigenvalue weighted by Crippen LogP contribution is -2.10. The first-order valence-corrected chi connectivity index (χ1v) is 4.60. The standard InChI is InChI=1S/C10H8N2O6/c13-7-3-1-2-6(12(17)18)10(7)11-8(14)4-5-9(15)16/h1-5,13H,(H,11,14)(H,15,16)/b5-4+. The van der Waals surface area contributed by atoms with E-state index in [0.717, 1.165) is 12.1 Å². The van der Waals surface area contributed by atoms with E-state index in [-0.39, 0.29) is 5.69 Å². The molecule has 0 atom stereocenters. The average molecular weight is 252 g/mol. The molecule has 0 bridgehead atoms. The van der Waals surface area contributed by atoms with Crippen LogP contribution in [0.3, 0.4) is 0 Å². The highest BCUT2D eigenvalue weighted by molar-refractivity contribution is 6.04. The van der Waals surface area contributed by atoms with Gasteiger partial charge in [-0.3, -0.25) is 14.9 Å². The predicted octanol–water partition coefficient (Wildman–Crippen LogP) is 0.880. The van der Waals surface area contributed by atoms with Crippen LogP contribution in [0, 0.1) is 10.1 Å². The molecule has 1 rings (SSSR count). The van der Waals surface area contributed by atoms with E-state index in [1.54, 1.807) is 0 Å². The summed E-state index contributed by atoms with van der Waals surface area (Å²) in [6.07, 6.45) is 1.25. The Hall–Kier alpha value is -2.90. The van der Waals surface area contributed by atoms with Crippen LogP contribution < -0.4 is 5.32 Å². The van der Waals surface area contributed by atoms with Crippen molar-refractivity contribution in [3.8, 4) is 5.75 Å². The first kappa shape index (κ1) is 13.2. The summed E-state index contributed by atoms with van der Waals surface area (Å²) < 4.78 is 0. The minimum atomic E-state index is -1.34. The molecule has 1 aromatic rings. The number of carboxylic acid groups (broad SMARTS) is 1. The van der Waals surface area contributed by atoms with Crippen molar-refractivity contribution in [2.45, 2.75) is 0 Å². The molecule has 1 amide bonds. The number of nitro groups is 1. The quantitative estimate of drug-likeness (QED) is 0.315. The molecule has 8 heteroatoms. The second-order valence-corrected chi connectivity index (χ2v) is 3.09. The SMILES string of the molecule is O=C(O)/C=C/C(=O)Nc1c(O)cccc1[N+](=O)[O-]. The molecule has 0 saturated carbocycles. The maximum atomic E-state index is 11.2. The molecular weight excluding hydrogens is 244 g/mol. The van der Waals surface area contributed by atoms with E-state index in [2.05, 4.69) is 0 Å². The molecule has 0 heterocycles. The van der Waals surface area contributed by atoms with Gasteiger partial charge in [-0.25, -0.2) is 4.79 Å². The van der Waals surface area contributed by atoms with E-state index in [1.165, 1.54) is 6.07 Å². The normalized spacial score (nSPS) is 10.2. The number of phenolic OH excluding ortho intramolecular Hbond substituents is 1. The number of nitro benzene ring substituents is 1. The maximum Gasteiger partial charge on any atom is 0.328 e. The summed E-state index contributed by atoms with van der Waals surface area (Å²) in [4.78, 5) is 31.3. The Labute approximate surface area is 100 Å². The van der Waals surface area contributed by atoms with Crippen molar-refractivity contribution in [3.05, 3.63) is 40.5 Å². The van der Waals surface area contributed by atoms with E-state index in [9.17, 15) is 24.8 Å². The van der Waals surface area contributed by atoms with E-state index in [0.29, 0.717) is 12.2 Å². The summed E-state index contributed by atoms with van der Waals surface area (Å²) >= 11 is 0. The maximum absolute atomic E-state index is 11.2. The van der Waals surface area contributed by atoms with Gasteiger partial charge in [0, 0.05) is 18.2 Å². The van der Waals surface area contributed by atoms with Gasteiger partial charge in [0.25, 0.3) is 5.69 Å². The number of hydrogen-bond donors (Lipinski definition) is 3. The Balaban J connectivity index is 3.00. The summed E-state index contributed by atoms with van der Waals surface area (Å²) in [7, 11) is 0. The first-order valence-electron chi connectivity index (χ1n) is 4.60. The number of carbonyl (C=O) groups is 2. The number of anilines is 1. The van der Waals surface area contributed by atoms with Gasteiger partial charge in [-0.05, 0) is 6.07 Å². The zero-order valence-corrected chi connectivity index (χ0v) is 8.86. The minimum absolute atomic E-state index is 0.387. The van der Waals surface area contributed by atoms with Crippen molar-refractivity contribution >= 4 is 23.3 Å². The van der Waals surface area contributed by atoms with E-state index < -0.39 is 28.2 Å². The second-order valence-electron chi connectivity index (χ2n) is 3.09. The molecule has 18 heavy (non-hydrogen) atoms. The number of benzene rings is 1. The number of para-hydroxylation sites is 1. The van der Waals surface area contributed by atoms with Crippen LogP contribution in [0.4, 0.5) is 11.4 Å². The molecule has 8 nitrogen and oxygen atoms in total. The Morgan fingerprint density at radius 3 is 2.56 bits per heavy atom. The largest absolute Gasteiger partial charge is 0.505 e. The van der Waals surface area contributed by atoms with Gasteiger partial charge in [0.05, 0.1) is 4.92 Å². The fraction of sp³-hybridized carbons (Fsp3) is 0. The molecule has 0 aliphatic rings. The number of amides is 1. The number of nitrogens with zero attached hydrogens (tertiary/aromatic N) is 1. The molecule has 1 aromatic carbocycles. The van der Waals surface area contributed by atoms with Gasteiger partial charge in [-0.1, -0.05) is 6.07 Å². The van der Waals surface area contributed by atoms with E-state index in [4.69, 9.17) is 5.11 Å². The van der Waals surface area contributed by atoms with Gasteiger partial charge in [0.15, 0.2) is 5.69 Å². The Morgan fingerprint density at radius 2 is 2.00 bits per heavy atom. The lowest BCUT2D eigenvalue weighted by molar-refractivity contribution is -0.384. The zero-order chi connectivity index (χ0) is 13.7. The van der Waals surface area contributed by atoms with Crippen molar-refractivity contribution in [2.75, 3.05) is 5.32 Å². The molecule has 3 N–H and O–H groups in total. The first-order chi connectivity index (χ1) is 8.41.